The second-order valence-corrected chi connectivity index (χ2v) is 7.04. The standard InChI is InChI=1S/C20H25N3O/c1-16(17-4-5-17)21-12-14-23(15-13-21)20(24)18-6-8-19(9-7-18)22-10-2-3-11-22/h2-3,6-11,16-17H,4-5,12-15H2,1H3. The van der Waals surface area contributed by atoms with Gasteiger partial charge in [0.1, 0.15) is 0 Å². The van der Waals surface area contributed by atoms with Crippen LogP contribution in [-0.4, -0.2) is 52.5 Å². The number of rotatable bonds is 4. The van der Waals surface area contributed by atoms with E-state index in [0.717, 1.165) is 43.3 Å². The van der Waals surface area contributed by atoms with Crippen LogP contribution < -0.4 is 0 Å². The van der Waals surface area contributed by atoms with Gasteiger partial charge >= 0.3 is 0 Å². The first-order valence-corrected chi connectivity index (χ1v) is 8.99. The monoisotopic (exact) mass is 323 g/mol. The Labute approximate surface area is 143 Å². The van der Waals surface area contributed by atoms with Crippen LogP contribution in [0.1, 0.15) is 30.1 Å². The Morgan fingerprint density at radius 2 is 1.62 bits per heavy atom. The summed E-state index contributed by atoms with van der Waals surface area (Å²) in [7, 11) is 0. The highest BCUT2D eigenvalue weighted by Gasteiger charge is 2.34. The Morgan fingerprint density at radius 1 is 1.00 bits per heavy atom. The molecule has 0 N–H and O–H groups in total. The second-order valence-electron chi connectivity index (χ2n) is 7.04. The molecule has 4 rings (SSSR count). The third-order valence-corrected chi connectivity index (χ3v) is 5.50. The van der Waals surface area contributed by atoms with Crippen LogP contribution in [0.2, 0.25) is 0 Å². The molecule has 2 heterocycles. The van der Waals surface area contributed by atoms with Gasteiger partial charge in [0.25, 0.3) is 5.91 Å². The topological polar surface area (TPSA) is 28.5 Å². The molecule has 2 fully saturated rings. The molecule has 24 heavy (non-hydrogen) atoms. The minimum Gasteiger partial charge on any atom is -0.336 e. The molecule has 2 aliphatic rings. The van der Waals surface area contributed by atoms with Crippen LogP contribution in [-0.2, 0) is 0 Å². The van der Waals surface area contributed by atoms with Crippen molar-refractivity contribution >= 4 is 5.91 Å². The maximum Gasteiger partial charge on any atom is 0.253 e. The van der Waals surface area contributed by atoms with Crippen LogP contribution in [0, 0.1) is 5.92 Å². The summed E-state index contributed by atoms with van der Waals surface area (Å²) in [6.07, 6.45) is 6.79. The number of carbonyl (C=O) groups excluding carboxylic acids is 1. The van der Waals surface area contributed by atoms with Gasteiger partial charge in [-0.1, -0.05) is 0 Å². The zero-order chi connectivity index (χ0) is 16.5. The molecule has 1 atom stereocenters. The number of hydrogen-bond donors (Lipinski definition) is 0. The lowest BCUT2D eigenvalue weighted by Gasteiger charge is -2.38. The molecule has 1 aromatic heterocycles. The average Bonchev–Trinajstić information content (AvgIpc) is 3.35. The first-order valence-electron chi connectivity index (χ1n) is 8.99. The van der Waals surface area contributed by atoms with Crippen LogP contribution in [0.25, 0.3) is 5.69 Å². The number of aromatic nitrogens is 1. The zero-order valence-corrected chi connectivity index (χ0v) is 14.3. The Hall–Kier alpha value is -2.07. The van der Waals surface area contributed by atoms with Crippen LogP contribution in [0.15, 0.2) is 48.8 Å². The van der Waals surface area contributed by atoms with E-state index in [9.17, 15) is 4.79 Å². The smallest absolute Gasteiger partial charge is 0.253 e. The van der Waals surface area contributed by atoms with Crippen molar-refractivity contribution in [3.05, 3.63) is 54.4 Å². The summed E-state index contributed by atoms with van der Waals surface area (Å²) in [5.41, 5.74) is 1.87. The molecule has 0 radical (unpaired) electrons. The van der Waals surface area contributed by atoms with E-state index in [-0.39, 0.29) is 5.91 Å². The maximum atomic E-state index is 12.7. The molecule has 1 saturated heterocycles. The number of nitrogens with zero attached hydrogens (tertiary/aromatic N) is 3. The number of hydrogen-bond acceptors (Lipinski definition) is 2. The molecule has 2 aromatic rings. The Morgan fingerprint density at radius 3 is 2.21 bits per heavy atom. The number of amides is 1. The lowest BCUT2D eigenvalue weighted by molar-refractivity contribution is 0.0564. The summed E-state index contributed by atoms with van der Waals surface area (Å²) in [5, 5.41) is 0. The Bertz CT molecular complexity index is 680. The van der Waals surface area contributed by atoms with Crippen molar-refractivity contribution in [3.63, 3.8) is 0 Å². The Balaban J connectivity index is 1.37. The van der Waals surface area contributed by atoms with E-state index in [1.54, 1.807) is 0 Å². The number of carbonyl (C=O) groups is 1. The van der Waals surface area contributed by atoms with Crippen molar-refractivity contribution in [3.8, 4) is 5.69 Å². The SMILES string of the molecule is CC(C1CC1)N1CCN(C(=O)c2ccc(-n3cccc3)cc2)CC1. The van der Waals surface area contributed by atoms with Crippen molar-refractivity contribution in [2.45, 2.75) is 25.8 Å². The van der Waals surface area contributed by atoms with Gasteiger partial charge in [0.2, 0.25) is 0 Å². The van der Waals surface area contributed by atoms with Gasteiger partial charge in [-0.3, -0.25) is 9.69 Å². The van der Waals surface area contributed by atoms with Gasteiger partial charge in [-0.05, 0) is 62.1 Å². The maximum absolute atomic E-state index is 12.7. The molecule has 1 unspecified atom stereocenters. The minimum absolute atomic E-state index is 0.160. The summed E-state index contributed by atoms with van der Waals surface area (Å²) in [5.74, 6) is 1.06. The van der Waals surface area contributed by atoms with Crippen LogP contribution >= 0.6 is 0 Å². The van der Waals surface area contributed by atoms with Crippen molar-refractivity contribution in [2.24, 2.45) is 5.92 Å². The molecule has 126 valence electrons. The van der Waals surface area contributed by atoms with Gasteiger partial charge in [0.05, 0.1) is 0 Å². The van der Waals surface area contributed by atoms with E-state index < -0.39 is 0 Å². The summed E-state index contributed by atoms with van der Waals surface area (Å²) in [6.45, 7) is 6.04. The molecule has 4 heteroatoms. The van der Waals surface area contributed by atoms with E-state index in [1.807, 2.05) is 58.3 Å². The number of benzene rings is 1. The molecule has 4 nitrogen and oxygen atoms in total. The van der Waals surface area contributed by atoms with Crippen LogP contribution in [0.3, 0.4) is 0 Å². The fourth-order valence-corrected chi connectivity index (χ4v) is 3.67. The molecule has 1 aliphatic heterocycles. The van der Waals surface area contributed by atoms with Gasteiger partial charge in [0, 0.05) is 55.9 Å². The second kappa shape index (κ2) is 6.44. The molecule has 1 amide bonds. The largest absolute Gasteiger partial charge is 0.336 e. The van der Waals surface area contributed by atoms with Gasteiger partial charge in [-0.25, -0.2) is 0 Å². The third kappa shape index (κ3) is 3.11. The highest BCUT2D eigenvalue weighted by Crippen LogP contribution is 2.35. The summed E-state index contributed by atoms with van der Waals surface area (Å²) in [4.78, 5) is 17.3. The normalized spacial score (nSPS) is 20.1. The first-order chi connectivity index (χ1) is 11.7. The highest BCUT2D eigenvalue weighted by molar-refractivity contribution is 5.94. The van der Waals surface area contributed by atoms with E-state index in [1.165, 1.54) is 12.8 Å². The van der Waals surface area contributed by atoms with E-state index >= 15 is 0 Å². The van der Waals surface area contributed by atoms with Gasteiger partial charge in [-0.15, -0.1) is 0 Å². The molecule has 1 saturated carbocycles. The Kier molecular flexibility index (Phi) is 4.15. The predicted molar refractivity (Wildman–Crippen MR) is 95.4 cm³/mol. The summed E-state index contributed by atoms with van der Waals surface area (Å²) >= 11 is 0. The molecule has 1 aliphatic carbocycles. The van der Waals surface area contributed by atoms with Crippen molar-refractivity contribution < 1.29 is 4.79 Å². The molecular formula is C20H25N3O. The van der Waals surface area contributed by atoms with E-state index in [4.69, 9.17) is 0 Å². The van der Waals surface area contributed by atoms with E-state index in [0.29, 0.717) is 6.04 Å². The van der Waals surface area contributed by atoms with Gasteiger partial charge in [0.15, 0.2) is 0 Å². The van der Waals surface area contributed by atoms with Crippen LogP contribution in [0.4, 0.5) is 0 Å². The first kappa shape index (κ1) is 15.5. The third-order valence-electron chi connectivity index (χ3n) is 5.50. The highest BCUT2D eigenvalue weighted by atomic mass is 16.2. The zero-order valence-electron chi connectivity index (χ0n) is 14.3. The van der Waals surface area contributed by atoms with Crippen LogP contribution in [0.5, 0.6) is 0 Å². The summed E-state index contributed by atoms with van der Waals surface area (Å²) < 4.78 is 2.05. The quantitative estimate of drug-likeness (QED) is 0.865. The van der Waals surface area contributed by atoms with Crippen molar-refractivity contribution in [1.29, 1.82) is 0 Å². The summed E-state index contributed by atoms with van der Waals surface area (Å²) in [6, 6.07) is 12.6. The molecule has 1 aromatic carbocycles. The van der Waals surface area contributed by atoms with E-state index in [2.05, 4.69) is 11.8 Å². The lowest BCUT2D eigenvalue weighted by atomic mass is 10.1. The predicted octanol–water partition coefficient (Wildman–Crippen LogP) is 3.03. The lowest BCUT2D eigenvalue weighted by Crippen LogP contribution is -2.51. The average molecular weight is 323 g/mol. The number of piperazine rings is 1. The van der Waals surface area contributed by atoms with Gasteiger partial charge < -0.3 is 9.47 Å². The minimum atomic E-state index is 0.160. The molecular weight excluding hydrogens is 298 g/mol. The van der Waals surface area contributed by atoms with Gasteiger partial charge in [-0.2, -0.15) is 0 Å². The van der Waals surface area contributed by atoms with Crippen molar-refractivity contribution in [2.75, 3.05) is 26.2 Å². The fourth-order valence-electron chi connectivity index (χ4n) is 3.67. The fraction of sp³-hybridized carbons (Fsp3) is 0.450. The van der Waals surface area contributed by atoms with Crippen molar-refractivity contribution in [1.82, 2.24) is 14.4 Å². The molecule has 0 spiro atoms. The molecule has 0 bridgehead atoms.